The minimum absolute atomic E-state index is 0.563. The molecule has 3 rings (SSSR count). The molecule has 3 nitrogen and oxygen atoms in total. The van der Waals surface area contributed by atoms with Crippen LogP contribution in [0.15, 0.2) is 30.3 Å². The quantitative estimate of drug-likeness (QED) is 0.857. The van der Waals surface area contributed by atoms with Gasteiger partial charge in [-0.2, -0.15) is 0 Å². The van der Waals surface area contributed by atoms with Crippen LogP contribution in [-0.2, 0) is 0 Å². The van der Waals surface area contributed by atoms with Crippen molar-refractivity contribution in [2.24, 2.45) is 0 Å². The molecular weight excluding hydrogens is 270 g/mol. The standard InChI is InChI=1S/C19H27N3/c1-14(2)16-5-7-18-17(13-16)6-8-19(20-18)22-11-9-21(10-12-22)15(3)4/h5-8,13-15H,9-12H2,1-4H3. The van der Waals surface area contributed by atoms with Gasteiger partial charge in [-0.1, -0.05) is 19.9 Å². The Morgan fingerprint density at radius 1 is 0.909 bits per heavy atom. The second-order valence-corrected chi connectivity index (χ2v) is 6.89. The van der Waals surface area contributed by atoms with E-state index < -0.39 is 0 Å². The molecule has 0 bridgehead atoms. The van der Waals surface area contributed by atoms with Gasteiger partial charge in [0.2, 0.25) is 0 Å². The van der Waals surface area contributed by atoms with Gasteiger partial charge >= 0.3 is 0 Å². The van der Waals surface area contributed by atoms with Gasteiger partial charge in [-0.15, -0.1) is 0 Å². The Balaban J connectivity index is 1.79. The van der Waals surface area contributed by atoms with E-state index in [1.54, 1.807) is 0 Å². The van der Waals surface area contributed by atoms with E-state index in [1.807, 2.05) is 0 Å². The Kier molecular flexibility index (Phi) is 4.34. The number of nitrogens with zero attached hydrogens (tertiary/aromatic N) is 3. The van der Waals surface area contributed by atoms with E-state index in [9.17, 15) is 0 Å². The van der Waals surface area contributed by atoms with E-state index in [0.717, 1.165) is 37.5 Å². The molecule has 0 aliphatic carbocycles. The molecule has 2 heterocycles. The number of hydrogen-bond acceptors (Lipinski definition) is 3. The van der Waals surface area contributed by atoms with Crippen molar-refractivity contribution in [3.05, 3.63) is 35.9 Å². The van der Waals surface area contributed by atoms with E-state index in [-0.39, 0.29) is 0 Å². The van der Waals surface area contributed by atoms with Crippen LogP contribution in [-0.4, -0.2) is 42.1 Å². The topological polar surface area (TPSA) is 19.4 Å². The third-order valence-corrected chi connectivity index (χ3v) is 4.73. The highest BCUT2D eigenvalue weighted by Crippen LogP contribution is 2.23. The Bertz CT molecular complexity index is 640. The second-order valence-electron chi connectivity index (χ2n) is 6.89. The maximum Gasteiger partial charge on any atom is 0.129 e. The van der Waals surface area contributed by atoms with Crippen molar-refractivity contribution in [3.8, 4) is 0 Å². The first-order valence-electron chi connectivity index (χ1n) is 8.44. The van der Waals surface area contributed by atoms with Crippen LogP contribution in [0.2, 0.25) is 0 Å². The molecule has 1 aliphatic heterocycles. The smallest absolute Gasteiger partial charge is 0.129 e. The highest BCUT2D eigenvalue weighted by Gasteiger charge is 2.19. The molecule has 1 saturated heterocycles. The summed E-state index contributed by atoms with van der Waals surface area (Å²) in [6, 6.07) is 11.7. The summed E-state index contributed by atoms with van der Waals surface area (Å²) in [5.41, 5.74) is 2.49. The van der Waals surface area contributed by atoms with Crippen LogP contribution in [0.3, 0.4) is 0 Å². The Morgan fingerprint density at radius 3 is 2.27 bits per heavy atom. The minimum atomic E-state index is 0.563. The van der Waals surface area contributed by atoms with Gasteiger partial charge in [0.15, 0.2) is 0 Å². The van der Waals surface area contributed by atoms with Crippen molar-refractivity contribution in [2.75, 3.05) is 31.1 Å². The fraction of sp³-hybridized carbons (Fsp3) is 0.526. The number of benzene rings is 1. The highest BCUT2D eigenvalue weighted by molar-refractivity contribution is 5.81. The summed E-state index contributed by atoms with van der Waals surface area (Å²) < 4.78 is 0. The Labute approximate surface area is 133 Å². The molecular formula is C19H27N3. The third-order valence-electron chi connectivity index (χ3n) is 4.73. The fourth-order valence-corrected chi connectivity index (χ4v) is 3.14. The molecule has 1 aromatic carbocycles. The SMILES string of the molecule is CC(C)c1ccc2nc(N3CCN(C(C)C)CC3)ccc2c1. The van der Waals surface area contributed by atoms with Crippen LogP contribution in [0.5, 0.6) is 0 Å². The summed E-state index contributed by atoms with van der Waals surface area (Å²) >= 11 is 0. The van der Waals surface area contributed by atoms with Gasteiger partial charge in [0.25, 0.3) is 0 Å². The average Bonchev–Trinajstić information content (AvgIpc) is 2.54. The predicted octanol–water partition coefficient (Wildman–Crippen LogP) is 3.89. The van der Waals surface area contributed by atoms with Gasteiger partial charge < -0.3 is 4.90 Å². The zero-order chi connectivity index (χ0) is 15.7. The number of rotatable bonds is 3. The summed E-state index contributed by atoms with van der Waals surface area (Å²) in [5.74, 6) is 1.68. The van der Waals surface area contributed by atoms with Crippen LogP contribution in [0.1, 0.15) is 39.2 Å². The summed E-state index contributed by atoms with van der Waals surface area (Å²) in [4.78, 5) is 9.82. The molecule has 22 heavy (non-hydrogen) atoms. The number of piperazine rings is 1. The van der Waals surface area contributed by atoms with E-state index in [0.29, 0.717) is 12.0 Å². The van der Waals surface area contributed by atoms with Gasteiger partial charge in [0.1, 0.15) is 5.82 Å². The lowest BCUT2D eigenvalue weighted by molar-refractivity contribution is 0.209. The van der Waals surface area contributed by atoms with Gasteiger partial charge in [0.05, 0.1) is 5.52 Å². The molecule has 1 aliphatic rings. The molecule has 0 unspecified atom stereocenters. The zero-order valence-corrected chi connectivity index (χ0v) is 14.2. The molecule has 0 radical (unpaired) electrons. The van der Waals surface area contributed by atoms with E-state index in [4.69, 9.17) is 4.98 Å². The number of anilines is 1. The van der Waals surface area contributed by atoms with E-state index in [1.165, 1.54) is 10.9 Å². The van der Waals surface area contributed by atoms with Gasteiger partial charge in [-0.05, 0) is 49.6 Å². The Morgan fingerprint density at radius 2 is 1.64 bits per heavy atom. The van der Waals surface area contributed by atoms with E-state index in [2.05, 4.69) is 67.8 Å². The maximum absolute atomic E-state index is 4.88. The second kappa shape index (κ2) is 6.25. The highest BCUT2D eigenvalue weighted by atomic mass is 15.3. The number of aromatic nitrogens is 1. The van der Waals surface area contributed by atoms with E-state index >= 15 is 0 Å². The van der Waals surface area contributed by atoms with Crippen molar-refractivity contribution in [3.63, 3.8) is 0 Å². The Hall–Kier alpha value is -1.61. The molecule has 118 valence electrons. The molecule has 0 saturated carbocycles. The third kappa shape index (κ3) is 3.09. The summed E-state index contributed by atoms with van der Waals surface area (Å²) in [6.07, 6.45) is 0. The van der Waals surface area contributed by atoms with Gasteiger partial charge in [-0.25, -0.2) is 4.98 Å². The lowest BCUT2D eigenvalue weighted by Gasteiger charge is -2.37. The number of fused-ring (bicyclic) bond motifs is 1. The summed E-state index contributed by atoms with van der Waals surface area (Å²) in [7, 11) is 0. The number of pyridine rings is 1. The normalized spacial score (nSPS) is 16.9. The molecule has 0 N–H and O–H groups in total. The van der Waals surface area contributed by atoms with Crippen LogP contribution in [0.25, 0.3) is 10.9 Å². The van der Waals surface area contributed by atoms with Crippen molar-refractivity contribution < 1.29 is 0 Å². The summed E-state index contributed by atoms with van der Waals surface area (Å²) in [6.45, 7) is 13.4. The van der Waals surface area contributed by atoms with Crippen molar-refractivity contribution in [1.82, 2.24) is 9.88 Å². The minimum Gasteiger partial charge on any atom is -0.354 e. The molecule has 0 amide bonds. The number of hydrogen-bond donors (Lipinski definition) is 0. The van der Waals surface area contributed by atoms with Crippen LogP contribution in [0.4, 0.5) is 5.82 Å². The lowest BCUT2D eigenvalue weighted by Crippen LogP contribution is -2.49. The first-order chi connectivity index (χ1) is 10.5. The lowest BCUT2D eigenvalue weighted by atomic mass is 10.0. The molecule has 0 atom stereocenters. The molecule has 3 heteroatoms. The maximum atomic E-state index is 4.88. The monoisotopic (exact) mass is 297 g/mol. The van der Waals surface area contributed by atoms with Crippen molar-refractivity contribution in [2.45, 2.75) is 39.7 Å². The molecule has 1 fully saturated rings. The van der Waals surface area contributed by atoms with Crippen LogP contribution in [0, 0.1) is 0 Å². The average molecular weight is 297 g/mol. The van der Waals surface area contributed by atoms with Crippen molar-refractivity contribution >= 4 is 16.7 Å². The van der Waals surface area contributed by atoms with Gasteiger partial charge in [-0.3, -0.25) is 4.90 Å². The first kappa shape index (κ1) is 15.3. The predicted molar refractivity (Wildman–Crippen MR) is 94.8 cm³/mol. The summed E-state index contributed by atoms with van der Waals surface area (Å²) in [5, 5.41) is 1.25. The molecule has 0 spiro atoms. The van der Waals surface area contributed by atoms with Gasteiger partial charge in [0, 0.05) is 37.6 Å². The largest absolute Gasteiger partial charge is 0.354 e. The van der Waals surface area contributed by atoms with Crippen LogP contribution >= 0.6 is 0 Å². The molecule has 2 aromatic rings. The van der Waals surface area contributed by atoms with Crippen molar-refractivity contribution in [1.29, 1.82) is 0 Å². The molecule has 1 aromatic heterocycles. The zero-order valence-electron chi connectivity index (χ0n) is 14.2. The fourth-order valence-electron chi connectivity index (χ4n) is 3.14. The first-order valence-corrected chi connectivity index (χ1v) is 8.44. The van der Waals surface area contributed by atoms with Crippen LogP contribution < -0.4 is 4.90 Å².